The molecule has 2 aromatic heterocycles. The summed E-state index contributed by atoms with van der Waals surface area (Å²) in [4.78, 5) is 22.9. The van der Waals surface area contributed by atoms with Gasteiger partial charge in [0.25, 0.3) is 0 Å². The molecule has 4 rings (SSSR count). The normalized spacial score (nSPS) is 12.0. The van der Waals surface area contributed by atoms with Crippen molar-refractivity contribution in [3.63, 3.8) is 0 Å². The van der Waals surface area contributed by atoms with E-state index in [1.807, 2.05) is 62.4 Å². The van der Waals surface area contributed by atoms with Gasteiger partial charge in [-0.15, -0.1) is 0 Å². The summed E-state index contributed by atoms with van der Waals surface area (Å²) in [6.45, 7) is 10.2. The van der Waals surface area contributed by atoms with E-state index in [1.54, 1.807) is 20.2 Å². The predicted molar refractivity (Wildman–Crippen MR) is 156 cm³/mol. The van der Waals surface area contributed by atoms with Gasteiger partial charge in [-0.2, -0.15) is 0 Å². The number of imidazole rings is 1. The van der Waals surface area contributed by atoms with E-state index in [1.165, 1.54) is 0 Å². The highest BCUT2D eigenvalue weighted by Gasteiger charge is 2.33. The van der Waals surface area contributed by atoms with E-state index in [0.29, 0.717) is 28.0 Å². The average Bonchev–Trinajstić information content (AvgIpc) is 3.30. The van der Waals surface area contributed by atoms with E-state index in [0.717, 1.165) is 33.6 Å². The fourth-order valence-corrected chi connectivity index (χ4v) is 5.44. The number of nitrogens with zero attached hydrogens (tertiary/aromatic N) is 3. The Kier molecular flexibility index (Phi) is 8.98. The number of esters is 1. The first-order valence-corrected chi connectivity index (χ1v) is 13.7. The average molecular weight is 567 g/mol. The third kappa shape index (κ3) is 5.97. The van der Waals surface area contributed by atoms with Crippen LogP contribution in [0.25, 0.3) is 11.4 Å². The highest BCUT2D eigenvalue weighted by molar-refractivity contribution is 6.30. The van der Waals surface area contributed by atoms with Crippen molar-refractivity contribution < 1.29 is 14.3 Å². The molecule has 1 atom stereocenters. The number of carbonyl (C=O) groups is 1. The van der Waals surface area contributed by atoms with Crippen LogP contribution in [0.5, 0.6) is 5.75 Å². The third-order valence-electron chi connectivity index (χ3n) is 6.80. The molecule has 4 aromatic rings. The fraction of sp³-hybridized carbons (Fsp3) is 0.323. The lowest BCUT2D eigenvalue weighted by atomic mass is 9.85. The second-order valence-electron chi connectivity index (χ2n) is 9.71. The SMILES string of the molecule is CCOC(=O)c1nc(-c2ccccc2OC)n(C(C)C)c1C(Cc1cc(Cl)cnc1C)c1ccc(Cl)cc1C. The van der Waals surface area contributed by atoms with Crippen LogP contribution in [-0.4, -0.2) is 34.2 Å². The molecule has 39 heavy (non-hydrogen) atoms. The zero-order valence-electron chi connectivity index (χ0n) is 23.1. The molecule has 0 saturated carbocycles. The van der Waals surface area contributed by atoms with Crippen molar-refractivity contribution in [3.05, 3.63) is 98.5 Å². The van der Waals surface area contributed by atoms with Gasteiger partial charge in [0, 0.05) is 28.9 Å². The molecule has 0 saturated heterocycles. The summed E-state index contributed by atoms with van der Waals surface area (Å²) in [5.41, 5.74) is 5.70. The molecule has 8 heteroatoms. The first kappa shape index (κ1) is 28.7. The van der Waals surface area contributed by atoms with Gasteiger partial charge in [-0.05, 0) is 88.1 Å². The van der Waals surface area contributed by atoms with Crippen LogP contribution in [0.15, 0.2) is 54.7 Å². The van der Waals surface area contributed by atoms with Crippen molar-refractivity contribution in [2.75, 3.05) is 13.7 Å². The van der Waals surface area contributed by atoms with Gasteiger partial charge in [0.15, 0.2) is 5.69 Å². The lowest BCUT2D eigenvalue weighted by molar-refractivity contribution is 0.0518. The van der Waals surface area contributed by atoms with E-state index in [9.17, 15) is 4.79 Å². The molecule has 0 amide bonds. The Labute approximate surface area is 239 Å². The zero-order valence-corrected chi connectivity index (χ0v) is 24.6. The van der Waals surface area contributed by atoms with Crippen molar-refractivity contribution in [2.24, 2.45) is 0 Å². The van der Waals surface area contributed by atoms with Crippen molar-refractivity contribution in [1.82, 2.24) is 14.5 Å². The number of hydrogen-bond donors (Lipinski definition) is 0. The molecular formula is C31H33Cl2N3O3. The molecule has 0 radical (unpaired) electrons. The van der Waals surface area contributed by atoms with Gasteiger partial charge >= 0.3 is 5.97 Å². The highest BCUT2D eigenvalue weighted by Crippen LogP contribution is 2.40. The minimum absolute atomic E-state index is 0.0377. The van der Waals surface area contributed by atoms with E-state index >= 15 is 0 Å². The zero-order chi connectivity index (χ0) is 28.3. The number of rotatable bonds is 9. The van der Waals surface area contributed by atoms with Crippen molar-refractivity contribution in [2.45, 2.75) is 53.0 Å². The summed E-state index contributed by atoms with van der Waals surface area (Å²) in [6.07, 6.45) is 2.18. The van der Waals surface area contributed by atoms with Crippen LogP contribution in [0, 0.1) is 13.8 Å². The van der Waals surface area contributed by atoms with Gasteiger partial charge in [-0.1, -0.05) is 41.4 Å². The molecule has 0 aliphatic heterocycles. The van der Waals surface area contributed by atoms with E-state index in [2.05, 4.69) is 23.4 Å². The van der Waals surface area contributed by atoms with Crippen LogP contribution in [-0.2, 0) is 11.2 Å². The van der Waals surface area contributed by atoms with Gasteiger partial charge < -0.3 is 14.0 Å². The lowest BCUT2D eigenvalue weighted by Crippen LogP contribution is -2.19. The number of benzene rings is 2. The van der Waals surface area contributed by atoms with Crippen molar-refractivity contribution in [3.8, 4) is 17.1 Å². The highest BCUT2D eigenvalue weighted by atomic mass is 35.5. The monoisotopic (exact) mass is 565 g/mol. The van der Waals surface area contributed by atoms with E-state index < -0.39 is 5.97 Å². The molecule has 204 valence electrons. The van der Waals surface area contributed by atoms with Gasteiger partial charge in [-0.25, -0.2) is 9.78 Å². The largest absolute Gasteiger partial charge is 0.496 e. The Balaban J connectivity index is 2.08. The number of ether oxygens (including phenoxy) is 2. The maximum atomic E-state index is 13.5. The van der Waals surface area contributed by atoms with Crippen LogP contribution in [0.1, 0.15) is 71.3 Å². The Morgan fingerprint density at radius 1 is 1.05 bits per heavy atom. The van der Waals surface area contributed by atoms with Gasteiger partial charge in [0.05, 0.1) is 30.0 Å². The van der Waals surface area contributed by atoms with Crippen molar-refractivity contribution >= 4 is 29.2 Å². The van der Waals surface area contributed by atoms with Crippen LogP contribution < -0.4 is 4.74 Å². The molecule has 0 aliphatic rings. The summed E-state index contributed by atoms with van der Waals surface area (Å²) >= 11 is 12.7. The fourth-order valence-electron chi connectivity index (χ4n) is 5.03. The van der Waals surface area contributed by atoms with Gasteiger partial charge in [0.2, 0.25) is 0 Å². The second kappa shape index (κ2) is 12.2. The maximum Gasteiger partial charge on any atom is 0.358 e. The molecule has 0 fully saturated rings. The Bertz CT molecular complexity index is 1500. The topological polar surface area (TPSA) is 66.2 Å². The quantitative estimate of drug-likeness (QED) is 0.192. The minimum Gasteiger partial charge on any atom is -0.496 e. The number of hydrogen-bond acceptors (Lipinski definition) is 5. The van der Waals surface area contributed by atoms with Crippen molar-refractivity contribution in [1.29, 1.82) is 0 Å². The first-order valence-electron chi connectivity index (χ1n) is 13.0. The third-order valence-corrected chi connectivity index (χ3v) is 7.24. The number of aromatic nitrogens is 3. The van der Waals surface area contributed by atoms with Crippen LogP contribution >= 0.6 is 23.2 Å². The molecule has 0 spiro atoms. The number of methoxy groups -OCH3 is 1. The number of para-hydroxylation sites is 1. The Morgan fingerprint density at radius 2 is 1.79 bits per heavy atom. The summed E-state index contributed by atoms with van der Waals surface area (Å²) in [6, 6.07) is 15.4. The summed E-state index contributed by atoms with van der Waals surface area (Å²) in [5, 5.41) is 1.20. The first-order chi connectivity index (χ1) is 18.7. The molecule has 2 aromatic carbocycles. The smallest absolute Gasteiger partial charge is 0.358 e. The molecule has 6 nitrogen and oxygen atoms in total. The number of carbonyl (C=O) groups excluding carboxylic acids is 1. The molecule has 1 unspecified atom stereocenters. The molecule has 2 heterocycles. The summed E-state index contributed by atoms with van der Waals surface area (Å²) < 4.78 is 13.3. The second-order valence-corrected chi connectivity index (χ2v) is 10.6. The van der Waals surface area contributed by atoms with Crippen LogP contribution in [0.3, 0.4) is 0 Å². The standard InChI is InChI=1S/C31H33Cl2N3O3/c1-7-39-31(37)28-29(36(18(2)3)30(35-28)25-10-8-9-11-27(25)38-6)26(24-13-12-22(32)14-19(24)4)16-21-15-23(33)17-34-20(21)5/h8-15,17-18,26H,7,16H2,1-6H3. The van der Waals surface area contributed by atoms with Crippen LogP contribution in [0.2, 0.25) is 10.0 Å². The number of pyridine rings is 1. The summed E-state index contributed by atoms with van der Waals surface area (Å²) in [5.74, 6) is 0.554. The van der Waals surface area contributed by atoms with Crippen LogP contribution in [0.4, 0.5) is 0 Å². The molecule has 0 aliphatic carbocycles. The van der Waals surface area contributed by atoms with E-state index in [4.69, 9.17) is 37.7 Å². The number of halogens is 2. The lowest BCUT2D eigenvalue weighted by Gasteiger charge is -2.26. The predicted octanol–water partition coefficient (Wildman–Crippen LogP) is 8.01. The van der Waals surface area contributed by atoms with Gasteiger partial charge in [0.1, 0.15) is 11.6 Å². The minimum atomic E-state index is -0.472. The van der Waals surface area contributed by atoms with Gasteiger partial charge in [-0.3, -0.25) is 4.98 Å². The maximum absolute atomic E-state index is 13.5. The Morgan fingerprint density at radius 3 is 2.46 bits per heavy atom. The summed E-state index contributed by atoms with van der Waals surface area (Å²) in [7, 11) is 1.63. The molecule has 0 N–H and O–H groups in total. The number of aryl methyl sites for hydroxylation is 2. The van der Waals surface area contributed by atoms with E-state index in [-0.39, 0.29) is 24.3 Å². The molecule has 0 bridgehead atoms. The molecular weight excluding hydrogens is 533 g/mol. The Hall–Kier alpha value is -3.35.